The molecule has 0 aromatic heterocycles. The first-order valence-electron chi connectivity index (χ1n) is 3.83. The molecule has 2 rings (SSSR count). The van der Waals surface area contributed by atoms with E-state index in [9.17, 15) is 4.39 Å². The first-order chi connectivity index (χ1) is 5.38. The third-order valence-electron chi connectivity index (χ3n) is 1.96. The molecule has 2 heteroatoms. The Labute approximate surface area is 65.2 Å². The molecule has 0 bridgehead atoms. The van der Waals surface area contributed by atoms with Crippen molar-refractivity contribution in [3.63, 3.8) is 0 Å². The molecule has 0 atom stereocenters. The molecule has 0 fully saturated rings. The molecule has 0 saturated heterocycles. The third-order valence-corrected chi connectivity index (χ3v) is 1.96. The number of fused-ring (bicyclic) bond motifs is 1. The van der Waals surface area contributed by atoms with Crippen LogP contribution in [0, 0.1) is 5.82 Å². The first kappa shape index (κ1) is 6.65. The van der Waals surface area contributed by atoms with Gasteiger partial charge in [-0.1, -0.05) is 6.07 Å². The molecule has 0 saturated carbocycles. The zero-order valence-corrected chi connectivity index (χ0v) is 6.18. The van der Waals surface area contributed by atoms with Crippen molar-refractivity contribution in [2.75, 3.05) is 6.54 Å². The second-order valence-electron chi connectivity index (χ2n) is 2.72. The van der Waals surface area contributed by atoms with Crippen LogP contribution in [0.5, 0.6) is 0 Å². The average molecular weight is 150 g/mol. The predicted octanol–water partition coefficient (Wildman–Crippen LogP) is 2.01. The lowest BCUT2D eigenvalue weighted by molar-refractivity contribution is 0.586. The normalized spacial score (nSPS) is 15.4. The highest BCUT2D eigenvalue weighted by atomic mass is 19.1. The molecule has 1 heterocycles. The molecule has 1 aromatic carbocycles. The van der Waals surface area contributed by atoms with Crippen molar-refractivity contribution < 1.29 is 4.39 Å². The second-order valence-corrected chi connectivity index (χ2v) is 2.72. The van der Waals surface area contributed by atoms with Crippen LogP contribution in [0.2, 0.25) is 0 Å². The van der Waals surface area contributed by atoms with Gasteiger partial charge in [-0.05, 0) is 25.0 Å². The molecule has 0 spiro atoms. The highest BCUT2D eigenvalue weighted by molar-refractivity contribution is 5.46. The van der Waals surface area contributed by atoms with E-state index in [1.54, 1.807) is 6.07 Å². The van der Waals surface area contributed by atoms with Crippen LogP contribution in [-0.4, -0.2) is 6.54 Å². The van der Waals surface area contributed by atoms with Crippen LogP contribution in [0.3, 0.4) is 0 Å². The van der Waals surface area contributed by atoms with Gasteiger partial charge < -0.3 is 0 Å². The maximum atomic E-state index is 13.0. The lowest BCUT2D eigenvalue weighted by Crippen LogP contribution is -2.11. The van der Waals surface area contributed by atoms with E-state index >= 15 is 0 Å². The Hall–Kier alpha value is -1.05. The SMILES string of the molecule is Fc1cccc2c1CCC[N]2. The molecule has 1 aliphatic rings. The lowest BCUT2D eigenvalue weighted by atomic mass is 10.0. The zero-order valence-electron chi connectivity index (χ0n) is 6.18. The highest BCUT2D eigenvalue weighted by Crippen LogP contribution is 2.23. The van der Waals surface area contributed by atoms with Crippen LogP contribution in [0.1, 0.15) is 12.0 Å². The van der Waals surface area contributed by atoms with Gasteiger partial charge in [-0.25, -0.2) is 4.39 Å². The third kappa shape index (κ3) is 1.09. The van der Waals surface area contributed by atoms with E-state index in [0.29, 0.717) is 0 Å². The van der Waals surface area contributed by atoms with Gasteiger partial charge in [-0.3, -0.25) is 5.32 Å². The van der Waals surface area contributed by atoms with Gasteiger partial charge in [0.05, 0.1) is 5.69 Å². The number of halogens is 1. The second kappa shape index (κ2) is 2.53. The number of benzene rings is 1. The number of hydrogen-bond acceptors (Lipinski definition) is 0. The minimum Gasteiger partial charge on any atom is -0.285 e. The fourth-order valence-electron chi connectivity index (χ4n) is 1.40. The summed E-state index contributed by atoms with van der Waals surface area (Å²) < 4.78 is 13.0. The summed E-state index contributed by atoms with van der Waals surface area (Å²) in [5.41, 5.74) is 1.63. The van der Waals surface area contributed by atoms with Gasteiger partial charge >= 0.3 is 0 Å². The number of rotatable bonds is 0. The van der Waals surface area contributed by atoms with Crippen LogP contribution < -0.4 is 5.32 Å². The van der Waals surface area contributed by atoms with Gasteiger partial charge in [-0.15, -0.1) is 0 Å². The monoisotopic (exact) mass is 150 g/mol. The van der Waals surface area contributed by atoms with Crippen LogP contribution >= 0.6 is 0 Å². The van der Waals surface area contributed by atoms with E-state index in [-0.39, 0.29) is 5.82 Å². The molecular weight excluding hydrogens is 141 g/mol. The zero-order chi connectivity index (χ0) is 7.68. The Morgan fingerprint density at radius 1 is 1.36 bits per heavy atom. The molecule has 11 heavy (non-hydrogen) atoms. The lowest BCUT2D eigenvalue weighted by Gasteiger charge is -2.15. The molecule has 0 aliphatic carbocycles. The van der Waals surface area contributed by atoms with Crippen molar-refractivity contribution in [3.05, 3.63) is 29.6 Å². The summed E-state index contributed by atoms with van der Waals surface area (Å²) in [5.74, 6) is -0.106. The Bertz CT molecular complexity index is 270. The minimum absolute atomic E-state index is 0.106. The Kier molecular flexibility index (Phi) is 1.53. The van der Waals surface area contributed by atoms with Gasteiger partial charge in [0.2, 0.25) is 0 Å². The van der Waals surface area contributed by atoms with Crippen LogP contribution in [-0.2, 0) is 6.42 Å². The highest BCUT2D eigenvalue weighted by Gasteiger charge is 2.12. The molecule has 1 aromatic rings. The molecular formula is C9H9FN. The van der Waals surface area contributed by atoms with Crippen molar-refractivity contribution in [3.8, 4) is 0 Å². The summed E-state index contributed by atoms with van der Waals surface area (Å²) in [4.78, 5) is 0. The van der Waals surface area contributed by atoms with Crippen molar-refractivity contribution in [1.29, 1.82) is 0 Å². The van der Waals surface area contributed by atoms with E-state index < -0.39 is 0 Å². The quantitative estimate of drug-likeness (QED) is 0.537. The maximum absolute atomic E-state index is 13.0. The summed E-state index contributed by atoms with van der Waals surface area (Å²) in [7, 11) is 0. The van der Waals surface area contributed by atoms with Gasteiger partial charge in [0.25, 0.3) is 0 Å². The minimum atomic E-state index is -0.106. The van der Waals surface area contributed by atoms with Crippen molar-refractivity contribution in [1.82, 2.24) is 5.32 Å². The Morgan fingerprint density at radius 2 is 2.27 bits per heavy atom. The predicted molar refractivity (Wildman–Crippen MR) is 41.4 cm³/mol. The van der Waals surface area contributed by atoms with Crippen molar-refractivity contribution >= 4 is 5.69 Å². The Morgan fingerprint density at radius 3 is 3.09 bits per heavy atom. The number of nitrogens with zero attached hydrogens (tertiary/aromatic N) is 1. The van der Waals surface area contributed by atoms with E-state index in [1.807, 2.05) is 6.07 Å². The van der Waals surface area contributed by atoms with Crippen LogP contribution in [0.15, 0.2) is 18.2 Å². The van der Waals surface area contributed by atoms with Crippen LogP contribution in [0.25, 0.3) is 0 Å². The van der Waals surface area contributed by atoms with Crippen molar-refractivity contribution in [2.24, 2.45) is 0 Å². The Balaban J connectivity index is 2.49. The standard InChI is InChI=1S/C9H9FN/c10-8-4-1-5-9-7(8)3-2-6-11-9/h1,4-5H,2-3,6H2. The average Bonchev–Trinajstić information content (AvgIpc) is 2.06. The summed E-state index contributed by atoms with van der Waals surface area (Å²) in [5, 5.41) is 4.21. The molecule has 1 aliphatic heterocycles. The summed E-state index contributed by atoms with van der Waals surface area (Å²) >= 11 is 0. The van der Waals surface area contributed by atoms with E-state index in [4.69, 9.17) is 0 Å². The summed E-state index contributed by atoms with van der Waals surface area (Å²) in [6.07, 6.45) is 1.82. The fourth-order valence-corrected chi connectivity index (χ4v) is 1.40. The van der Waals surface area contributed by atoms with E-state index in [1.165, 1.54) is 6.07 Å². The molecule has 57 valence electrons. The first-order valence-corrected chi connectivity index (χ1v) is 3.83. The molecule has 1 nitrogen and oxygen atoms in total. The molecule has 0 N–H and O–H groups in total. The van der Waals surface area contributed by atoms with Gasteiger partial charge in [-0.2, -0.15) is 0 Å². The molecule has 1 radical (unpaired) electrons. The van der Waals surface area contributed by atoms with Gasteiger partial charge in [0.15, 0.2) is 0 Å². The van der Waals surface area contributed by atoms with E-state index in [0.717, 1.165) is 30.6 Å². The fraction of sp³-hybridized carbons (Fsp3) is 0.333. The smallest absolute Gasteiger partial charge is 0.128 e. The molecule has 0 amide bonds. The maximum Gasteiger partial charge on any atom is 0.128 e. The van der Waals surface area contributed by atoms with Gasteiger partial charge in [0.1, 0.15) is 5.82 Å². The summed E-state index contributed by atoms with van der Waals surface area (Å²) in [6, 6.07) is 5.08. The number of hydrogen-bond donors (Lipinski definition) is 0. The van der Waals surface area contributed by atoms with Gasteiger partial charge in [0, 0.05) is 12.1 Å². The summed E-state index contributed by atoms with van der Waals surface area (Å²) in [6.45, 7) is 0.844. The van der Waals surface area contributed by atoms with Crippen molar-refractivity contribution in [2.45, 2.75) is 12.8 Å². The molecule has 0 unspecified atom stereocenters. The van der Waals surface area contributed by atoms with E-state index in [2.05, 4.69) is 5.32 Å². The largest absolute Gasteiger partial charge is 0.285 e. The van der Waals surface area contributed by atoms with Crippen LogP contribution in [0.4, 0.5) is 10.1 Å². The topological polar surface area (TPSA) is 14.1 Å².